The summed E-state index contributed by atoms with van der Waals surface area (Å²) in [6, 6.07) is 7.66. The van der Waals surface area contributed by atoms with Gasteiger partial charge in [0.25, 0.3) is 0 Å². The van der Waals surface area contributed by atoms with Gasteiger partial charge in [0.15, 0.2) is 17.3 Å². The van der Waals surface area contributed by atoms with E-state index in [-0.39, 0.29) is 29.3 Å². The molecule has 0 aliphatic rings. The topological polar surface area (TPSA) is 64.3 Å². The molecule has 0 spiro atoms. The fourth-order valence-corrected chi connectivity index (χ4v) is 2.91. The van der Waals surface area contributed by atoms with E-state index in [0.29, 0.717) is 20.9 Å². The molecule has 0 unspecified atom stereocenters. The number of nitrogens with one attached hydrogen (secondary N) is 1. The highest BCUT2D eigenvalue weighted by Crippen LogP contribution is 2.37. The molecule has 0 saturated carbocycles. The number of H-pyrrole nitrogens is 1. The number of benzene rings is 2. The molecule has 6 nitrogen and oxygen atoms in total. The van der Waals surface area contributed by atoms with Crippen LogP contribution in [0, 0.1) is 12.4 Å². The van der Waals surface area contributed by atoms with Crippen LogP contribution in [-0.4, -0.2) is 14.8 Å². The highest BCUT2D eigenvalue weighted by atomic mass is 79.9. The second kappa shape index (κ2) is 7.32. The molecular formula is C17H11BrClFN4O2. The third kappa shape index (κ3) is 3.64. The minimum absolute atomic E-state index is 0.0405. The van der Waals surface area contributed by atoms with Crippen molar-refractivity contribution >= 4 is 33.2 Å². The van der Waals surface area contributed by atoms with E-state index < -0.39 is 5.82 Å². The molecule has 3 aromatic rings. The van der Waals surface area contributed by atoms with Crippen molar-refractivity contribution in [3.8, 4) is 11.5 Å². The molecule has 0 radical (unpaired) electrons. The third-order valence-corrected chi connectivity index (χ3v) is 4.50. The molecule has 3 rings (SSSR count). The molecule has 0 aliphatic heterocycles. The summed E-state index contributed by atoms with van der Waals surface area (Å²) in [6.07, 6.45) is 0.105. The smallest absolute Gasteiger partial charge is 0.343 e. The van der Waals surface area contributed by atoms with Gasteiger partial charge in [0.1, 0.15) is 11.6 Å². The average molecular weight is 438 g/mol. The molecule has 1 heterocycles. The molecule has 0 saturated heterocycles. The van der Waals surface area contributed by atoms with Crippen molar-refractivity contribution in [2.24, 2.45) is 7.05 Å². The van der Waals surface area contributed by atoms with Crippen LogP contribution < -0.4 is 10.4 Å². The van der Waals surface area contributed by atoms with Crippen LogP contribution in [0.1, 0.15) is 11.4 Å². The molecule has 0 amide bonds. The molecule has 0 atom stereocenters. The summed E-state index contributed by atoms with van der Waals surface area (Å²) < 4.78 is 22.3. The van der Waals surface area contributed by atoms with E-state index in [9.17, 15) is 9.18 Å². The van der Waals surface area contributed by atoms with Gasteiger partial charge in [-0.15, -0.1) is 0 Å². The lowest BCUT2D eigenvalue weighted by atomic mass is 10.1. The molecule has 1 N–H and O–H groups in total. The Kier molecular flexibility index (Phi) is 5.11. The van der Waals surface area contributed by atoms with Gasteiger partial charge in [-0.05, 0) is 45.8 Å². The number of hydrogen-bond acceptors (Lipinski definition) is 3. The van der Waals surface area contributed by atoms with Crippen LogP contribution in [0.15, 0.2) is 39.6 Å². The van der Waals surface area contributed by atoms with Gasteiger partial charge in [0, 0.05) is 18.5 Å². The summed E-state index contributed by atoms with van der Waals surface area (Å²) in [5.41, 5.74) is 0.212. The monoisotopic (exact) mass is 436 g/mol. The van der Waals surface area contributed by atoms with Gasteiger partial charge in [0.2, 0.25) is 0 Å². The van der Waals surface area contributed by atoms with E-state index >= 15 is 0 Å². The van der Waals surface area contributed by atoms with E-state index in [0.717, 1.165) is 0 Å². The van der Waals surface area contributed by atoms with Gasteiger partial charge < -0.3 is 4.74 Å². The summed E-state index contributed by atoms with van der Waals surface area (Å²) in [5.74, 6) is -0.00645. The number of halogens is 3. The molecule has 9 heteroatoms. The maximum atomic E-state index is 15.0. The lowest BCUT2D eigenvalue weighted by Crippen LogP contribution is -2.15. The van der Waals surface area contributed by atoms with Gasteiger partial charge in [0.05, 0.1) is 11.0 Å². The number of nitrogens with zero attached hydrogens (tertiary/aromatic N) is 3. The molecule has 26 heavy (non-hydrogen) atoms. The minimum atomic E-state index is -0.598. The SMILES string of the molecule is [C-]#[N+]c1cc(Cl)cc(Oc2c(Br)ccc(Cc3n[nH]c(=O)n3C)c2F)c1. The number of aromatic amines is 1. The van der Waals surface area contributed by atoms with Gasteiger partial charge in [-0.2, -0.15) is 5.10 Å². The Morgan fingerprint density at radius 1 is 1.42 bits per heavy atom. The highest BCUT2D eigenvalue weighted by molar-refractivity contribution is 9.10. The fraction of sp³-hybridized carbons (Fsp3) is 0.118. The van der Waals surface area contributed by atoms with Crippen molar-refractivity contribution in [3.63, 3.8) is 0 Å². The van der Waals surface area contributed by atoms with Gasteiger partial charge >= 0.3 is 5.69 Å². The zero-order chi connectivity index (χ0) is 18.8. The summed E-state index contributed by atoms with van der Waals surface area (Å²) in [4.78, 5) is 14.8. The molecule has 132 valence electrons. The number of aromatic nitrogens is 3. The fourth-order valence-electron chi connectivity index (χ4n) is 2.30. The van der Waals surface area contributed by atoms with Gasteiger partial charge in [-0.25, -0.2) is 19.1 Å². The predicted octanol–water partition coefficient (Wildman–Crippen LogP) is 4.60. The van der Waals surface area contributed by atoms with Crippen molar-refractivity contribution in [1.29, 1.82) is 0 Å². The summed E-state index contributed by atoms with van der Waals surface area (Å²) in [5, 5.41) is 6.50. The zero-order valence-electron chi connectivity index (χ0n) is 13.4. The second-order valence-corrected chi connectivity index (χ2v) is 6.68. The van der Waals surface area contributed by atoms with Crippen molar-refractivity contribution in [2.75, 3.05) is 0 Å². The summed E-state index contributed by atoms with van der Waals surface area (Å²) >= 11 is 9.22. The summed E-state index contributed by atoms with van der Waals surface area (Å²) in [6.45, 7) is 7.07. The van der Waals surface area contributed by atoms with Crippen LogP contribution in [0.5, 0.6) is 11.5 Å². The molecule has 1 aromatic heterocycles. The van der Waals surface area contributed by atoms with Crippen molar-refractivity contribution in [3.05, 3.63) is 78.9 Å². The van der Waals surface area contributed by atoms with E-state index in [2.05, 4.69) is 31.0 Å². The van der Waals surface area contributed by atoms with E-state index in [1.807, 2.05) is 0 Å². The lowest BCUT2D eigenvalue weighted by molar-refractivity contribution is 0.436. The van der Waals surface area contributed by atoms with Crippen LogP contribution in [-0.2, 0) is 13.5 Å². The maximum absolute atomic E-state index is 15.0. The minimum Gasteiger partial charge on any atom is -0.454 e. The predicted molar refractivity (Wildman–Crippen MR) is 98.5 cm³/mol. The Morgan fingerprint density at radius 2 is 2.19 bits per heavy atom. The Morgan fingerprint density at radius 3 is 2.85 bits per heavy atom. The maximum Gasteiger partial charge on any atom is 0.343 e. The summed E-state index contributed by atoms with van der Waals surface area (Å²) in [7, 11) is 1.55. The molecule has 0 aliphatic carbocycles. The first-order valence-electron chi connectivity index (χ1n) is 7.32. The third-order valence-electron chi connectivity index (χ3n) is 3.66. The van der Waals surface area contributed by atoms with E-state index in [1.165, 1.54) is 22.8 Å². The highest BCUT2D eigenvalue weighted by Gasteiger charge is 2.17. The first-order chi connectivity index (χ1) is 12.4. The van der Waals surface area contributed by atoms with Crippen LogP contribution >= 0.6 is 27.5 Å². The molecule has 0 bridgehead atoms. The quantitative estimate of drug-likeness (QED) is 0.607. The van der Waals surface area contributed by atoms with Crippen molar-refractivity contribution in [1.82, 2.24) is 14.8 Å². The lowest BCUT2D eigenvalue weighted by Gasteiger charge is -2.12. The molecule has 0 fully saturated rings. The Hall–Kier alpha value is -2.63. The molecular weight excluding hydrogens is 427 g/mol. The van der Waals surface area contributed by atoms with Crippen molar-refractivity contribution < 1.29 is 9.13 Å². The van der Waals surface area contributed by atoms with Crippen LogP contribution in [0.4, 0.5) is 10.1 Å². The Bertz CT molecular complexity index is 1090. The van der Waals surface area contributed by atoms with Crippen molar-refractivity contribution in [2.45, 2.75) is 6.42 Å². The van der Waals surface area contributed by atoms with Crippen LogP contribution in [0.3, 0.4) is 0 Å². The zero-order valence-corrected chi connectivity index (χ0v) is 15.7. The van der Waals surface area contributed by atoms with Crippen LogP contribution in [0.2, 0.25) is 5.02 Å². The first kappa shape index (κ1) is 18.2. The average Bonchev–Trinajstić information content (AvgIpc) is 2.92. The number of hydrogen-bond donors (Lipinski definition) is 1. The number of rotatable bonds is 4. The van der Waals surface area contributed by atoms with E-state index in [4.69, 9.17) is 22.9 Å². The Labute approximate surface area is 161 Å². The number of ether oxygens (including phenoxy) is 1. The normalized spacial score (nSPS) is 10.6. The van der Waals surface area contributed by atoms with Crippen LogP contribution in [0.25, 0.3) is 4.85 Å². The molecule has 2 aromatic carbocycles. The first-order valence-corrected chi connectivity index (χ1v) is 8.49. The van der Waals surface area contributed by atoms with E-state index in [1.54, 1.807) is 19.2 Å². The standard InChI is InChI=1S/C17H11BrClFN4O2/c1-21-11-6-10(19)7-12(8-11)26-16-13(18)4-3-9(15(16)20)5-14-22-23-17(25)24(14)2/h3-4,6-8H,5H2,2H3,(H,23,25). The second-order valence-electron chi connectivity index (χ2n) is 5.39. The largest absolute Gasteiger partial charge is 0.454 e. The van der Waals surface area contributed by atoms with Gasteiger partial charge in [-0.3, -0.25) is 4.57 Å². The van der Waals surface area contributed by atoms with Gasteiger partial charge in [-0.1, -0.05) is 17.7 Å². The Balaban J connectivity index is 1.98.